The van der Waals surface area contributed by atoms with Crippen molar-refractivity contribution in [2.45, 2.75) is 70.1 Å². The number of H-pyrrole nitrogens is 1. The first-order chi connectivity index (χ1) is 20.5. The predicted octanol–water partition coefficient (Wildman–Crippen LogP) is 1.13. The maximum atomic E-state index is 13.8. The molecule has 5 unspecified atom stereocenters. The maximum Gasteiger partial charge on any atom is 0.326 e. The molecule has 0 aliphatic heterocycles. The van der Waals surface area contributed by atoms with Crippen molar-refractivity contribution in [3.63, 3.8) is 0 Å². The number of aliphatic carboxylic acids is 1. The molecule has 2 aromatic carbocycles. The van der Waals surface area contributed by atoms with Crippen LogP contribution in [0.15, 0.2) is 60.8 Å². The van der Waals surface area contributed by atoms with Gasteiger partial charge in [0, 0.05) is 36.4 Å². The number of hydrogen-bond donors (Lipinski definition) is 7. The Bertz CT molecular complexity index is 1420. The van der Waals surface area contributed by atoms with Crippen molar-refractivity contribution >= 4 is 40.5 Å². The van der Waals surface area contributed by atoms with E-state index in [9.17, 15) is 29.1 Å². The monoisotopic (exact) mass is 592 g/mol. The Kier molecular flexibility index (Phi) is 11.8. The van der Waals surface area contributed by atoms with E-state index >= 15 is 0 Å². The predicted molar refractivity (Wildman–Crippen MR) is 161 cm³/mol. The third-order valence-electron chi connectivity index (χ3n) is 7.50. The van der Waals surface area contributed by atoms with Crippen molar-refractivity contribution in [1.82, 2.24) is 20.9 Å². The fourth-order valence-corrected chi connectivity index (χ4v) is 4.66. The van der Waals surface area contributed by atoms with Crippen molar-refractivity contribution in [2.24, 2.45) is 17.4 Å². The minimum absolute atomic E-state index is 0.0160. The largest absolute Gasteiger partial charge is 0.480 e. The Morgan fingerprint density at radius 1 is 0.837 bits per heavy atom. The van der Waals surface area contributed by atoms with Crippen molar-refractivity contribution in [3.8, 4) is 0 Å². The van der Waals surface area contributed by atoms with Gasteiger partial charge < -0.3 is 37.5 Å². The quantitative estimate of drug-likeness (QED) is 0.129. The number of rotatable bonds is 16. The zero-order valence-electron chi connectivity index (χ0n) is 24.3. The summed E-state index contributed by atoms with van der Waals surface area (Å²) in [6.45, 7) is 3.75. The maximum absolute atomic E-state index is 13.8. The molecule has 0 saturated carbocycles. The second-order valence-electron chi connectivity index (χ2n) is 10.7. The number of carboxylic acids is 1. The molecule has 5 atom stereocenters. The average Bonchev–Trinajstić information content (AvgIpc) is 3.40. The lowest BCUT2D eigenvalue weighted by atomic mass is 9.98. The van der Waals surface area contributed by atoms with Crippen LogP contribution in [0, 0.1) is 5.92 Å². The van der Waals surface area contributed by atoms with Crippen molar-refractivity contribution in [1.29, 1.82) is 0 Å². The summed E-state index contributed by atoms with van der Waals surface area (Å²) in [5.74, 6) is -4.09. The lowest BCUT2D eigenvalue weighted by Gasteiger charge is -2.26. The van der Waals surface area contributed by atoms with Crippen LogP contribution in [0.1, 0.15) is 44.2 Å². The van der Waals surface area contributed by atoms with E-state index in [1.54, 1.807) is 6.20 Å². The molecular weight excluding hydrogens is 552 g/mol. The van der Waals surface area contributed by atoms with Crippen LogP contribution in [0.5, 0.6) is 0 Å². The number of nitrogens with two attached hydrogens (primary N) is 2. The molecule has 0 spiro atoms. The molecular formula is C31H40N6O6. The van der Waals surface area contributed by atoms with Gasteiger partial charge in [-0.15, -0.1) is 0 Å². The van der Waals surface area contributed by atoms with E-state index in [4.69, 9.17) is 11.5 Å². The van der Waals surface area contributed by atoms with Gasteiger partial charge in [0.25, 0.3) is 0 Å². The topological polar surface area (TPSA) is 209 Å². The molecule has 0 aliphatic rings. The first kappa shape index (κ1) is 32.8. The van der Waals surface area contributed by atoms with Gasteiger partial charge in [-0.25, -0.2) is 4.79 Å². The van der Waals surface area contributed by atoms with E-state index in [1.807, 2.05) is 68.4 Å². The smallest absolute Gasteiger partial charge is 0.326 e. The number of carbonyl (C=O) groups is 5. The van der Waals surface area contributed by atoms with Crippen LogP contribution in [-0.2, 0) is 36.8 Å². The second kappa shape index (κ2) is 15.5. The zero-order valence-corrected chi connectivity index (χ0v) is 24.3. The molecule has 3 aromatic rings. The fourth-order valence-electron chi connectivity index (χ4n) is 4.66. The Balaban J connectivity index is 1.90. The molecule has 9 N–H and O–H groups in total. The van der Waals surface area contributed by atoms with Crippen LogP contribution >= 0.6 is 0 Å². The van der Waals surface area contributed by atoms with Gasteiger partial charge >= 0.3 is 5.97 Å². The van der Waals surface area contributed by atoms with E-state index in [2.05, 4.69) is 20.9 Å². The summed E-state index contributed by atoms with van der Waals surface area (Å²) in [5, 5.41) is 18.4. The molecule has 0 bridgehead atoms. The average molecular weight is 593 g/mol. The fraction of sp³-hybridized carbons (Fsp3) is 0.387. The zero-order chi connectivity index (χ0) is 31.5. The van der Waals surface area contributed by atoms with Crippen molar-refractivity contribution in [3.05, 3.63) is 71.9 Å². The molecule has 3 rings (SSSR count). The van der Waals surface area contributed by atoms with E-state index in [0.29, 0.717) is 12.0 Å². The van der Waals surface area contributed by atoms with Crippen LogP contribution in [0.25, 0.3) is 10.9 Å². The van der Waals surface area contributed by atoms with Gasteiger partial charge in [-0.3, -0.25) is 19.2 Å². The third-order valence-corrected chi connectivity index (χ3v) is 7.50. The number of aromatic amines is 1. The van der Waals surface area contributed by atoms with Gasteiger partial charge in [0.05, 0.1) is 6.04 Å². The molecule has 4 amide bonds. The van der Waals surface area contributed by atoms with Gasteiger partial charge in [0.15, 0.2) is 0 Å². The highest BCUT2D eigenvalue weighted by Crippen LogP contribution is 2.19. The normalized spacial score (nSPS) is 14.6. The van der Waals surface area contributed by atoms with Gasteiger partial charge in [-0.05, 0) is 29.5 Å². The van der Waals surface area contributed by atoms with Crippen LogP contribution in [0.4, 0.5) is 0 Å². The summed E-state index contributed by atoms with van der Waals surface area (Å²) in [4.78, 5) is 66.5. The first-order valence-electron chi connectivity index (χ1n) is 14.3. The third kappa shape index (κ3) is 9.40. The number of fused-ring (bicyclic) bond motifs is 1. The number of carboxylic acid groups (broad SMARTS) is 1. The van der Waals surface area contributed by atoms with Gasteiger partial charge in [0.2, 0.25) is 23.6 Å². The number of carbonyl (C=O) groups excluding carboxylic acids is 4. The Labute approximate surface area is 250 Å². The molecule has 12 nitrogen and oxygen atoms in total. The number of para-hydroxylation sites is 1. The molecule has 0 aliphatic carbocycles. The molecule has 1 aromatic heterocycles. The first-order valence-corrected chi connectivity index (χ1v) is 14.3. The van der Waals surface area contributed by atoms with Crippen molar-refractivity contribution < 1.29 is 29.1 Å². The number of nitrogens with one attached hydrogen (secondary N) is 4. The highest BCUT2D eigenvalue weighted by molar-refractivity contribution is 5.95. The summed E-state index contributed by atoms with van der Waals surface area (Å²) >= 11 is 0. The Hall–Kier alpha value is -4.71. The minimum atomic E-state index is -1.41. The van der Waals surface area contributed by atoms with Crippen LogP contribution in [0.2, 0.25) is 0 Å². The summed E-state index contributed by atoms with van der Waals surface area (Å²) in [5.41, 5.74) is 13.6. The molecule has 0 fully saturated rings. The molecule has 12 heteroatoms. The standard InChI is InChI=1S/C31H40N6O6/c1-3-18(2)27(33)30(41)37-24(15-19-9-5-4-6-10-19)28(39)36-25(16-20-17-34-22-12-8-7-11-21(20)22)29(40)35-23(31(42)43)13-14-26(32)38/h4-12,17-18,23-25,27,34H,3,13-16,33H2,1-2H3,(H2,32,38)(H,35,40)(H,36,39)(H,37,41)(H,42,43). The van der Waals surface area contributed by atoms with E-state index in [0.717, 1.165) is 16.5 Å². The summed E-state index contributed by atoms with van der Waals surface area (Å²) in [7, 11) is 0. The molecule has 43 heavy (non-hydrogen) atoms. The number of primary amides is 1. The van der Waals surface area contributed by atoms with Crippen LogP contribution < -0.4 is 27.4 Å². The lowest BCUT2D eigenvalue weighted by Crippen LogP contribution is -2.58. The molecule has 0 saturated heterocycles. The highest BCUT2D eigenvalue weighted by Gasteiger charge is 2.32. The molecule has 0 radical (unpaired) electrons. The summed E-state index contributed by atoms with van der Waals surface area (Å²) in [6, 6.07) is 11.9. The molecule has 1 heterocycles. The van der Waals surface area contributed by atoms with Crippen molar-refractivity contribution in [2.75, 3.05) is 0 Å². The lowest BCUT2D eigenvalue weighted by molar-refractivity contribution is -0.142. The van der Waals surface area contributed by atoms with Gasteiger partial charge in [-0.1, -0.05) is 68.8 Å². The number of hydrogen-bond acceptors (Lipinski definition) is 6. The number of benzene rings is 2. The van der Waals surface area contributed by atoms with Crippen LogP contribution in [-0.4, -0.2) is 63.9 Å². The summed E-state index contributed by atoms with van der Waals surface area (Å²) in [6.07, 6.45) is 2.05. The Morgan fingerprint density at radius 3 is 2.05 bits per heavy atom. The van der Waals surface area contributed by atoms with Gasteiger partial charge in [-0.2, -0.15) is 0 Å². The van der Waals surface area contributed by atoms with Gasteiger partial charge in [0.1, 0.15) is 18.1 Å². The number of amides is 4. The van der Waals surface area contributed by atoms with Crippen LogP contribution in [0.3, 0.4) is 0 Å². The number of aromatic nitrogens is 1. The van der Waals surface area contributed by atoms with E-state index in [-0.39, 0.29) is 31.6 Å². The SMILES string of the molecule is CCC(C)C(N)C(=O)NC(Cc1ccccc1)C(=O)NC(Cc1c[nH]c2ccccc12)C(=O)NC(CCC(N)=O)C(=O)O. The molecule has 230 valence electrons. The van der Waals surface area contributed by atoms with E-state index < -0.39 is 53.8 Å². The summed E-state index contributed by atoms with van der Waals surface area (Å²) < 4.78 is 0. The second-order valence-corrected chi connectivity index (χ2v) is 10.7. The minimum Gasteiger partial charge on any atom is -0.480 e. The van der Waals surface area contributed by atoms with E-state index in [1.165, 1.54) is 0 Å². The highest BCUT2D eigenvalue weighted by atomic mass is 16.4. The Morgan fingerprint density at radius 2 is 1.42 bits per heavy atom.